The summed E-state index contributed by atoms with van der Waals surface area (Å²) < 4.78 is 10.4. The Hall–Kier alpha value is -0.260. The maximum absolute atomic E-state index is 11.4. The number of hydrogen-bond acceptors (Lipinski definition) is 5. The SMILES string of the molecule is CSCC[C@H](N)C(=O)OCCOC(C)(C)C. The van der Waals surface area contributed by atoms with E-state index in [4.69, 9.17) is 15.2 Å². The maximum atomic E-state index is 11.4. The van der Waals surface area contributed by atoms with Crippen molar-refractivity contribution in [3.63, 3.8) is 0 Å². The Morgan fingerprint density at radius 1 is 1.38 bits per heavy atom. The second-order valence-corrected chi connectivity index (χ2v) is 5.50. The van der Waals surface area contributed by atoms with Gasteiger partial charge in [-0.05, 0) is 39.2 Å². The molecule has 0 bridgehead atoms. The van der Waals surface area contributed by atoms with Crippen LogP contribution in [-0.4, -0.2) is 42.8 Å². The third-order valence-corrected chi connectivity index (χ3v) is 2.44. The zero-order valence-corrected chi connectivity index (χ0v) is 11.4. The van der Waals surface area contributed by atoms with Crippen LogP contribution in [-0.2, 0) is 14.3 Å². The summed E-state index contributed by atoms with van der Waals surface area (Å²) in [5.74, 6) is 0.529. The first-order valence-corrected chi connectivity index (χ1v) is 6.81. The van der Waals surface area contributed by atoms with Crippen molar-refractivity contribution < 1.29 is 14.3 Å². The van der Waals surface area contributed by atoms with Crippen molar-refractivity contribution in [2.24, 2.45) is 5.73 Å². The fraction of sp³-hybridized carbons (Fsp3) is 0.909. The van der Waals surface area contributed by atoms with Crippen molar-refractivity contribution in [3.8, 4) is 0 Å². The summed E-state index contributed by atoms with van der Waals surface area (Å²) in [6.07, 6.45) is 2.63. The number of esters is 1. The quantitative estimate of drug-likeness (QED) is 0.546. The molecule has 5 heteroatoms. The van der Waals surface area contributed by atoms with Gasteiger partial charge in [0.05, 0.1) is 12.2 Å². The lowest BCUT2D eigenvalue weighted by atomic mass is 10.2. The number of nitrogens with two attached hydrogens (primary N) is 1. The molecule has 0 rings (SSSR count). The number of carbonyl (C=O) groups excluding carboxylic acids is 1. The summed E-state index contributed by atoms with van der Waals surface area (Å²) in [7, 11) is 0. The minimum atomic E-state index is -0.512. The average molecular weight is 249 g/mol. The normalized spacial score (nSPS) is 13.6. The molecule has 1 atom stereocenters. The molecule has 0 aromatic rings. The van der Waals surface area contributed by atoms with E-state index in [1.165, 1.54) is 0 Å². The molecule has 0 spiro atoms. The van der Waals surface area contributed by atoms with E-state index >= 15 is 0 Å². The van der Waals surface area contributed by atoms with Crippen LogP contribution in [0.3, 0.4) is 0 Å². The highest BCUT2D eigenvalue weighted by atomic mass is 32.2. The van der Waals surface area contributed by atoms with Crippen molar-refractivity contribution >= 4 is 17.7 Å². The van der Waals surface area contributed by atoms with E-state index in [1.807, 2.05) is 27.0 Å². The van der Waals surface area contributed by atoms with Crippen molar-refractivity contribution in [1.82, 2.24) is 0 Å². The third-order valence-electron chi connectivity index (χ3n) is 1.80. The molecular formula is C11H23NO3S. The molecule has 0 aliphatic carbocycles. The lowest BCUT2D eigenvalue weighted by Crippen LogP contribution is -2.34. The van der Waals surface area contributed by atoms with Crippen LogP contribution in [0.2, 0.25) is 0 Å². The van der Waals surface area contributed by atoms with E-state index in [0.717, 1.165) is 5.75 Å². The van der Waals surface area contributed by atoms with Gasteiger partial charge >= 0.3 is 5.97 Å². The Bertz CT molecular complexity index is 204. The Kier molecular flexibility index (Phi) is 7.80. The van der Waals surface area contributed by atoms with Gasteiger partial charge in [-0.1, -0.05) is 0 Å². The average Bonchev–Trinajstić information content (AvgIpc) is 2.19. The van der Waals surface area contributed by atoms with E-state index in [0.29, 0.717) is 13.0 Å². The fourth-order valence-electron chi connectivity index (χ4n) is 0.960. The van der Waals surface area contributed by atoms with Crippen LogP contribution in [0.25, 0.3) is 0 Å². The van der Waals surface area contributed by atoms with Gasteiger partial charge in [-0.3, -0.25) is 4.79 Å². The molecule has 0 radical (unpaired) electrons. The summed E-state index contributed by atoms with van der Waals surface area (Å²) in [5, 5.41) is 0. The molecule has 0 saturated heterocycles. The van der Waals surface area contributed by atoms with Crippen LogP contribution >= 0.6 is 11.8 Å². The molecule has 0 aliphatic heterocycles. The Balaban J connectivity index is 3.57. The monoisotopic (exact) mass is 249 g/mol. The topological polar surface area (TPSA) is 61.6 Å². The standard InChI is InChI=1S/C11H23NO3S/c1-11(2,3)15-7-6-14-10(13)9(12)5-8-16-4/h9H,5-8,12H2,1-4H3/t9-/m0/s1. The van der Waals surface area contributed by atoms with Crippen LogP contribution in [0, 0.1) is 0 Å². The number of rotatable bonds is 7. The molecule has 0 saturated carbocycles. The molecule has 0 amide bonds. The Morgan fingerprint density at radius 3 is 2.50 bits per heavy atom. The molecule has 0 heterocycles. The van der Waals surface area contributed by atoms with Gasteiger partial charge in [-0.15, -0.1) is 0 Å². The van der Waals surface area contributed by atoms with E-state index in [2.05, 4.69) is 0 Å². The largest absolute Gasteiger partial charge is 0.462 e. The fourth-order valence-corrected chi connectivity index (χ4v) is 1.45. The first kappa shape index (κ1) is 15.7. The van der Waals surface area contributed by atoms with Gasteiger partial charge in [0.25, 0.3) is 0 Å². The molecular weight excluding hydrogens is 226 g/mol. The molecule has 0 aliphatic rings. The summed E-state index contributed by atoms with van der Waals surface area (Å²) in [5.41, 5.74) is 5.44. The van der Waals surface area contributed by atoms with Gasteiger partial charge in [0.15, 0.2) is 0 Å². The molecule has 0 aromatic carbocycles. The van der Waals surface area contributed by atoms with Crippen LogP contribution in [0.4, 0.5) is 0 Å². The summed E-state index contributed by atoms with van der Waals surface area (Å²) in [6, 6.07) is -0.512. The minimum absolute atomic E-state index is 0.201. The van der Waals surface area contributed by atoms with Crippen molar-refractivity contribution in [1.29, 1.82) is 0 Å². The van der Waals surface area contributed by atoms with E-state index in [1.54, 1.807) is 11.8 Å². The summed E-state index contributed by atoms with van der Waals surface area (Å²) in [6.45, 7) is 6.55. The minimum Gasteiger partial charge on any atom is -0.462 e. The number of carbonyl (C=O) groups is 1. The number of thioether (sulfide) groups is 1. The van der Waals surface area contributed by atoms with E-state index in [-0.39, 0.29) is 18.2 Å². The van der Waals surface area contributed by atoms with Gasteiger partial charge in [-0.2, -0.15) is 11.8 Å². The van der Waals surface area contributed by atoms with Gasteiger partial charge in [-0.25, -0.2) is 0 Å². The molecule has 0 unspecified atom stereocenters. The highest BCUT2D eigenvalue weighted by molar-refractivity contribution is 7.98. The highest BCUT2D eigenvalue weighted by Gasteiger charge is 2.15. The smallest absolute Gasteiger partial charge is 0.323 e. The third kappa shape index (κ3) is 9.00. The lowest BCUT2D eigenvalue weighted by molar-refractivity contribution is -0.148. The zero-order valence-electron chi connectivity index (χ0n) is 10.6. The summed E-state index contributed by atoms with van der Waals surface area (Å²) in [4.78, 5) is 11.4. The second-order valence-electron chi connectivity index (χ2n) is 4.52. The van der Waals surface area contributed by atoms with Crippen LogP contribution in [0.1, 0.15) is 27.2 Å². The van der Waals surface area contributed by atoms with Crippen LogP contribution in [0.15, 0.2) is 0 Å². The highest BCUT2D eigenvalue weighted by Crippen LogP contribution is 2.06. The van der Waals surface area contributed by atoms with Crippen molar-refractivity contribution in [2.75, 3.05) is 25.2 Å². The number of hydrogen-bond donors (Lipinski definition) is 1. The lowest BCUT2D eigenvalue weighted by Gasteiger charge is -2.19. The van der Waals surface area contributed by atoms with Gasteiger partial charge in [0, 0.05) is 0 Å². The van der Waals surface area contributed by atoms with E-state index in [9.17, 15) is 4.79 Å². The molecule has 16 heavy (non-hydrogen) atoms. The second kappa shape index (κ2) is 7.92. The predicted octanol–water partition coefficient (Wildman–Crippen LogP) is 1.43. The van der Waals surface area contributed by atoms with Gasteiger partial charge in [0.1, 0.15) is 12.6 Å². The van der Waals surface area contributed by atoms with E-state index < -0.39 is 6.04 Å². The first-order valence-electron chi connectivity index (χ1n) is 5.42. The molecule has 96 valence electrons. The van der Waals surface area contributed by atoms with Crippen molar-refractivity contribution in [2.45, 2.75) is 38.8 Å². The Morgan fingerprint density at radius 2 is 2.00 bits per heavy atom. The predicted molar refractivity (Wildman–Crippen MR) is 67.6 cm³/mol. The first-order chi connectivity index (χ1) is 7.37. The molecule has 0 fully saturated rings. The van der Waals surface area contributed by atoms with Gasteiger partial charge in [0.2, 0.25) is 0 Å². The van der Waals surface area contributed by atoms with Crippen LogP contribution < -0.4 is 5.73 Å². The van der Waals surface area contributed by atoms with Crippen molar-refractivity contribution in [3.05, 3.63) is 0 Å². The zero-order chi connectivity index (χ0) is 12.6. The molecule has 2 N–H and O–H groups in total. The van der Waals surface area contributed by atoms with Crippen LogP contribution in [0.5, 0.6) is 0 Å². The Labute approximate surface area is 102 Å². The summed E-state index contributed by atoms with van der Waals surface area (Å²) >= 11 is 1.67. The molecule has 4 nitrogen and oxygen atoms in total. The molecule has 0 aromatic heterocycles. The maximum Gasteiger partial charge on any atom is 0.323 e. The van der Waals surface area contributed by atoms with Gasteiger partial charge < -0.3 is 15.2 Å². The number of ether oxygens (including phenoxy) is 2.